The minimum atomic E-state index is -3.69. The lowest BCUT2D eigenvalue weighted by Gasteiger charge is -2.19. The van der Waals surface area contributed by atoms with E-state index in [0.29, 0.717) is 11.1 Å². The van der Waals surface area contributed by atoms with E-state index in [1.54, 1.807) is 30.3 Å². The number of fused-ring (bicyclic) bond motifs is 1. The van der Waals surface area contributed by atoms with Crippen molar-refractivity contribution in [3.05, 3.63) is 65.2 Å². The Morgan fingerprint density at radius 1 is 1.07 bits per heavy atom. The molecule has 1 unspecified atom stereocenters. The maximum Gasteiger partial charge on any atom is 0.331 e. The molecule has 1 aliphatic heterocycles. The van der Waals surface area contributed by atoms with Gasteiger partial charge in [-0.05, 0) is 30.0 Å². The molecule has 0 radical (unpaired) electrons. The Morgan fingerprint density at radius 2 is 1.70 bits per heavy atom. The Hall–Kier alpha value is -3.00. The molecule has 1 N–H and O–H groups in total. The Balaban J connectivity index is 1.64. The molecule has 1 heterocycles. The van der Waals surface area contributed by atoms with Crippen LogP contribution in [0.2, 0.25) is 0 Å². The van der Waals surface area contributed by atoms with Gasteiger partial charge in [-0.25, -0.2) is 13.2 Å². The molecule has 0 amide bonds. The first-order chi connectivity index (χ1) is 14.0. The molecule has 2 aromatic carbocycles. The van der Waals surface area contributed by atoms with Crippen molar-refractivity contribution in [1.82, 2.24) is 4.72 Å². The molecule has 0 aromatic heterocycles. The predicted molar refractivity (Wildman–Crippen MR) is 113 cm³/mol. The highest BCUT2D eigenvalue weighted by Crippen LogP contribution is 2.23. The molecular formula is C22H24N2O5S. The van der Waals surface area contributed by atoms with Gasteiger partial charge >= 0.3 is 5.97 Å². The fourth-order valence-corrected chi connectivity index (χ4v) is 4.21. The van der Waals surface area contributed by atoms with Crippen LogP contribution in [0, 0.1) is 0 Å². The summed E-state index contributed by atoms with van der Waals surface area (Å²) >= 11 is 0. The number of carbonyl (C=O) groups excluding carboxylic acids is 2. The number of carbonyl (C=O) groups is 2. The van der Waals surface area contributed by atoms with Gasteiger partial charge in [-0.3, -0.25) is 14.5 Å². The van der Waals surface area contributed by atoms with Crippen LogP contribution in [0.25, 0.3) is 0 Å². The van der Waals surface area contributed by atoms with E-state index in [0.717, 1.165) is 5.56 Å². The summed E-state index contributed by atoms with van der Waals surface area (Å²) in [5.41, 5.74) is 1.92. The third-order valence-corrected chi connectivity index (χ3v) is 6.14. The number of rotatable bonds is 5. The van der Waals surface area contributed by atoms with Crippen molar-refractivity contribution in [2.45, 2.75) is 44.0 Å². The standard InChI is InChI=1S/C22H24N2O5S/c1-14(23-20-17-7-5-6-8-19(17)30(27,28)24-20)21(26)29-13-18(25)15-9-11-16(12-10-15)22(2,3)4/h5-12,14H,13H2,1-4H3,(H,23,24). The number of Topliss-reactive ketones (excluding diaryl/α,β-unsaturated/α-hetero) is 1. The van der Waals surface area contributed by atoms with E-state index in [4.69, 9.17) is 4.74 Å². The van der Waals surface area contributed by atoms with Crippen LogP contribution in [0.1, 0.15) is 49.2 Å². The molecule has 2 aromatic rings. The quantitative estimate of drug-likeness (QED) is 0.583. The van der Waals surface area contributed by atoms with E-state index < -0.39 is 28.6 Å². The fourth-order valence-electron chi connectivity index (χ4n) is 2.97. The summed E-state index contributed by atoms with van der Waals surface area (Å²) in [6, 6.07) is 12.6. The number of esters is 1. The summed E-state index contributed by atoms with van der Waals surface area (Å²) in [6.07, 6.45) is 0. The minimum Gasteiger partial charge on any atom is -0.456 e. The molecule has 0 saturated heterocycles. The third-order valence-electron chi connectivity index (χ3n) is 4.75. The second kappa shape index (κ2) is 8.02. The van der Waals surface area contributed by atoms with Crippen molar-refractivity contribution in [3.63, 3.8) is 0 Å². The molecule has 158 valence electrons. The van der Waals surface area contributed by atoms with E-state index in [9.17, 15) is 18.0 Å². The Labute approximate surface area is 176 Å². The number of hydrogen-bond donors (Lipinski definition) is 1. The van der Waals surface area contributed by atoms with Gasteiger partial charge in [0.05, 0.1) is 4.90 Å². The van der Waals surface area contributed by atoms with Crippen LogP contribution in [0.15, 0.2) is 58.4 Å². The first-order valence-corrected chi connectivity index (χ1v) is 11.0. The van der Waals surface area contributed by atoms with Gasteiger partial charge in [0.15, 0.2) is 12.4 Å². The van der Waals surface area contributed by atoms with Gasteiger partial charge in [-0.15, -0.1) is 0 Å². The normalized spacial score (nSPS) is 17.1. The second-order valence-electron chi connectivity index (χ2n) is 8.11. The highest BCUT2D eigenvalue weighted by atomic mass is 32.2. The number of ketones is 1. The van der Waals surface area contributed by atoms with Gasteiger partial charge in [0.25, 0.3) is 10.0 Å². The largest absolute Gasteiger partial charge is 0.456 e. The Kier molecular flexibility index (Phi) is 5.81. The van der Waals surface area contributed by atoms with Crippen LogP contribution in [0.4, 0.5) is 0 Å². The first-order valence-electron chi connectivity index (χ1n) is 9.49. The average molecular weight is 429 g/mol. The highest BCUT2D eigenvalue weighted by Gasteiger charge is 2.31. The third kappa shape index (κ3) is 4.59. The van der Waals surface area contributed by atoms with Gasteiger partial charge < -0.3 is 4.74 Å². The molecule has 1 aliphatic rings. The van der Waals surface area contributed by atoms with Crippen LogP contribution in [-0.4, -0.2) is 38.7 Å². The lowest BCUT2D eigenvalue weighted by molar-refractivity contribution is -0.143. The number of amidine groups is 1. The molecule has 1 atom stereocenters. The smallest absolute Gasteiger partial charge is 0.331 e. The van der Waals surface area contributed by atoms with E-state index in [1.807, 2.05) is 12.1 Å². The van der Waals surface area contributed by atoms with Crippen molar-refractivity contribution < 1.29 is 22.7 Å². The maximum absolute atomic E-state index is 12.3. The molecule has 7 nitrogen and oxygen atoms in total. The minimum absolute atomic E-state index is 0.0248. The summed E-state index contributed by atoms with van der Waals surface area (Å²) < 4.78 is 31.7. The van der Waals surface area contributed by atoms with Crippen LogP contribution in [0.3, 0.4) is 0 Å². The molecule has 0 saturated carbocycles. The van der Waals surface area contributed by atoms with Crippen LogP contribution < -0.4 is 4.72 Å². The summed E-state index contributed by atoms with van der Waals surface area (Å²) in [5.74, 6) is -0.958. The van der Waals surface area contributed by atoms with Gasteiger partial charge in [0.1, 0.15) is 11.9 Å². The van der Waals surface area contributed by atoms with Gasteiger partial charge in [0.2, 0.25) is 0 Å². The van der Waals surface area contributed by atoms with Crippen LogP contribution in [-0.2, 0) is 25.0 Å². The van der Waals surface area contributed by atoms with Gasteiger partial charge in [0, 0.05) is 11.1 Å². The lowest BCUT2D eigenvalue weighted by Crippen LogP contribution is -2.27. The molecular weight excluding hydrogens is 404 g/mol. The van der Waals surface area contributed by atoms with Crippen molar-refractivity contribution >= 4 is 27.6 Å². The summed E-state index contributed by atoms with van der Waals surface area (Å²) in [4.78, 5) is 28.8. The monoisotopic (exact) mass is 428 g/mol. The van der Waals surface area contributed by atoms with E-state index in [2.05, 4.69) is 30.5 Å². The average Bonchev–Trinajstić information content (AvgIpc) is 2.95. The van der Waals surface area contributed by atoms with Gasteiger partial charge in [-0.2, -0.15) is 0 Å². The molecule has 30 heavy (non-hydrogen) atoms. The number of nitrogens with one attached hydrogen (secondary N) is 1. The summed E-state index contributed by atoms with van der Waals surface area (Å²) in [5, 5.41) is 0. The van der Waals surface area contributed by atoms with Crippen molar-refractivity contribution in [3.8, 4) is 0 Å². The SMILES string of the molecule is CC(N=C1NS(=O)(=O)c2ccccc21)C(=O)OCC(=O)c1ccc(C(C)(C)C)cc1. The van der Waals surface area contributed by atoms with Crippen LogP contribution >= 0.6 is 0 Å². The van der Waals surface area contributed by atoms with E-state index >= 15 is 0 Å². The molecule has 3 rings (SSSR count). The maximum atomic E-state index is 12.3. The van der Waals surface area contributed by atoms with E-state index in [-0.39, 0.29) is 21.9 Å². The Morgan fingerprint density at radius 3 is 2.33 bits per heavy atom. The molecule has 0 fully saturated rings. The number of hydrogen-bond acceptors (Lipinski definition) is 6. The topological polar surface area (TPSA) is 102 Å². The fraction of sp³-hybridized carbons (Fsp3) is 0.318. The Bertz CT molecular complexity index is 1110. The van der Waals surface area contributed by atoms with Gasteiger partial charge in [-0.1, -0.05) is 57.2 Å². The first kappa shape index (κ1) is 21.7. The molecule has 0 aliphatic carbocycles. The summed E-state index contributed by atoms with van der Waals surface area (Å²) in [6.45, 7) is 7.31. The predicted octanol–water partition coefficient (Wildman–Crippen LogP) is 2.84. The number of aliphatic imine (C=N–C) groups is 1. The molecule has 0 bridgehead atoms. The molecule has 8 heteroatoms. The number of nitrogens with zero attached hydrogens (tertiary/aromatic N) is 1. The zero-order valence-electron chi connectivity index (χ0n) is 17.3. The zero-order chi connectivity index (χ0) is 22.1. The van der Waals surface area contributed by atoms with Crippen molar-refractivity contribution in [1.29, 1.82) is 0 Å². The van der Waals surface area contributed by atoms with E-state index in [1.165, 1.54) is 13.0 Å². The second-order valence-corrected chi connectivity index (χ2v) is 9.76. The molecule has 0 spiro atoms. The number of benzene rings is 2. The zero-order valence-corrected chi connectivity index (χ0v) is 18.1. The lowest BCUT2D eigenvalue weighted by atomic mass is 9.86. The van der Waals surface area contributed by atoms with Crippen molar-refractivity contribution in [2.24, 2.45) is 4.99 Å². The number of ether oxygens (including phenoxy) is 1. The number of sulfonamides is 1. The highest BCUT2D eigenvalue weighted by molar-refractivity contribution is 7.90. The summed E-state index contributed by atoms with van der Waals surface area (Å²) in [7, 11) is -3.69. The van der Waals surface area contributed by atoms with Crippen molar-refractivity contribution in [2.75, 3.05) is 6.61 Å². The van der Waals surface area contributed by atoms with Crippen LogP contribution in [0.5, 0.6) is 0 Å².